The van der Waals surface area contributed by atoms with Crippen molar-refractivity contribution in [2.45, 2.75) is 11.8 Å². The first-order chi connectivity index (χ1) is 40.6. The van der Waals surface area contributed by atoms with E-state index in [2.05, 4.69) is 267 Å². The summed E-state index contributed by atoms with van der Waals surface area (Å²) in [6, 6.07) is 96.9. The van der Waals surface area contributed by atoms with Crippen LogP contribution in [0.2, 0.25) is 0 Å². The van der Waals surface area contributed by atoms with E-state index in [0.717, 1.165) is 56.2 Å². The molecule has 0 spiro atoms. The van der Waals surface area contributed by atoms with E-state index in [1.807, 2.05) is 22.7 Å². The van der Waals surface area contributed by atoms with Crippen molar-refractivity contribution < 1.29 is 0 Å². The molecule has 82 heavy (non-hydrogen) atoms. The number of hydrogen-bond acceptors (Lipinski definition) is 6. The smallest absolute Gasteiger partial charge is 0.160 e. The molecule has 3 aliphatic carbocycles. The minimum atomic E-state index is 0.0284. The van der Waals surface area contributed by atoms with Gasteiger partial charge in [0.2, 0.25) is 0 Å². The lowest BCUT2D eigenvalue weighted by molar-refractivity contribution is 0.754. The largest absolute Gasteiger partial charge is 0.228 e. The molecule has 4 heterocycles. The minimum absolute atomic E-state index is 0.0284. The van der Waals surface area contributed by atoms with E-state index >= 15 is 0 Å². The Morgan fingerprint density at radius 2 is 0.524 bits per heavy atom. The Morgan fingerprint density at radius 1 is 0.207 bits per heavy atom. The molecule has 1 unspecified atom stereocenters. The van der Waals surface area contributed by atoms with E-state index in [1.165, 1.54) is 96.0 Å². The molecule has 0 radical (unpaired) electrons. The summed E-state index contributed by atoms with van der Waals surface area (Å²) >= 11 is 3.70. The van der Waals surface area contributed by atoms with Crippen LogP contribution in [0.25, 0.3) is 130 Å². The molecule has 0 amide bonds. The fraction of sp³-hybridized carbons (Fsp3) is 0.0263. The Hall–Kier alpha value is -9.98. The molecule has 15 aromatic rings. The summed E-state index contributed by atoms with van der Waals surface area (Å²) in [5.41, 5.74) is 22.4. The van der Waals surface area contributed by atoms with Crippen molar-refractivity contribution in [3.8, 4) is 90.1 Å². The molecule has 0 saturated heterocycles. The van der Waals surface area contributed by atoms with Crippen LogP contribution in [0, 0.1) is 0 Å². The standard InChI is InChI=1S/C76H46N4S2/c1-3-13-47(14-4-1)65-43-67(49-27-23-45(24-28-49)51-33-37-71-61(39-51)55-17-9-11-21-69(55)81-71)79-75(77-65)53-31-35-59-63(41-53)73-57-19-7-8-20-58(57)74(59)64-42-54(32-36-60(64)73)76-78-66(48-15-5-2-6-16-48)44-68(80-76)50-29-25-46(26-30-50)52-34-38-72-62(40-52)56-18-10-12-22-70(56)82-72/h1-44,73-74H/t73-,74?/m1/s1. The summed E-state index contributed by atoms with van der Waals surface area (Å²) in [7, 11) is 0. The third-order valence-electron chi connectivity index (χ3n) is 16.9. The van der Waals surface area contributed by atoms with Gasteiger partial charge in [-0.2, -0.15) is 0 Å². The van der Waals surface area contributed by atoms with Crippen molar-refractivity contribution >= 4 is 63.0 Å². The SMILES string of the molecule is c1ccc(-c2cc(-c3ccc(-c4ccc5sc6ccccc6c5c4)cc3)nc(-c3ccc4c(c3)C3c5ccccc5[C@H]4c4cc(-c5nc(-c6ccccc6)cc(-c6ccc(-c7ccc8sc9ccccc9c8c7)cc6)n5)ccc43)n2)cc1. The Morgan fingerprint density at radius 3 is 0.951 bits per heavy atom. The van der Waals surface area contributed by atoms with Gasteiger partial charge in [-0.3, -0.25) is 0 Å². The number of thiophene rings is 2. The zero-order valence-corrected chi connectivity index (χ0v) is 45.8. The lowest BCUT2D eigenvalue weighted by Crippen LogP contribution is -2.27. The number of benzene rings is 11. The van der Waals surface area contributed by atoms with Crippen LogP contribution in [0.1, 0.15) is 45.2 Å². The van der Waals surface area contributed by atoms with Gasteiger partial charge in [-0.15, -0.1) is 22.7 Å². The van der Waals surface area contributed by atoms with Gasteiger partial charge in [-0.05, 0) is 116 Å². The molecule has 11 aromatic carbocycles. The highest BCUT2D eigenvalue weighted by Gasteiger charge is 2.41. The third-order valence-corrected chi connectivity index (χ3v) is 19.2. The maximum absolute atomic E-state index is 5.38. The molecule has 6 heteroatoms. The number of hydrogen-bond donors (Lipinski definition) is 0. The first-order valence-electron chi connectivity index (χ1n) is 27.9. The van der Waals surface area contributed by atoms with Gasteiger partial charge in [-0.25, -0.2) is 19.9 Å². The van der Waals surface area contributed by atoms with Crippen molar-refractivity contribution in [3.63, 3.8) is 0 Å². The molecule has 4 nitrogen and oxygen atoms in total. The second-order valence-electron chi connectivity index (χ2n) is 21.6. The molecule has 382 valence electrons. The van der Waals surface area contributed by atoms with Gasteiger partial charge < -0.3 is 0 Å². The lowest BCUT2D eigenvalue weighted by atomic mass is 9.61. The van der Waals surface area contributed by atoms with Crippen LogP contribution >= 0.6 is 22.7 Å². The number of nitrogens with zero attached hydrogens (tertiary/aromatic N) is 4. The van der Waals surface area contributed by atoms with Crippen LogP contribution in [0.5, 0.6) is 0 Å². The molecule has 0 saturated carbocycles. The van der Waals surface area contributed by atoms with Crippen LogP contribution in [0.4, 0.5) is 0 Å². The van der Waals surface area contributed by atoms with Crippen LogP contribution in [-0.4, -0.2) is 19.9 Å². The van der Waals surface area contributed by atoms with E-state index in [-0.39, 0.29) is 11.8 Å². The number of aromatic nitrogens is 4. The minimum Gasteiger partial charge on any atom is -0.228 e. The van der Waals surface area contributed by atoms with Gasteiger partial charge in [0, 0.05) is 85.6 Å². The van der Waals surface area contributed by atoms with Gasteiger partial charge in [0.1, 0.15) is 0 Å². The molecule has 3 aliphatic rings. The van der Waals surface area contributed by atoms with Crippen LogP contribution in [-0.2, 0) is 0 Å². The average Bonchev–Trinajstić information content (AvgIpc) is 2.37. The van der Waals surface area contributed by atoms with Gasteiger partial charge in [0.05, 0.1) is 22.8 Å². The van der Waals surface area contributed by atoms with Gasteiger partial charge in [-0.1, -0.05) is 206 Å². The molecule has 0 fully saturated rings. The number of rotatable bonds is 8. The van der Waals surface area contributed by atoms with Crippen LogP contribution in [0.15, 0.2) is 267 Å². The molecule has 18 rings (SSSR count). The molecule has 0 aliphatic heterocycles. The van der Waals surface area contributed by atoms with E-state index in [1.54, 1.807) is 0 Å². The molecule has 2 atom stereocenters. The topological polar surface area (TPSA) is 51.6 Å². The predicted molar refractivity (Wildman–Crippen MR) is 342 cm³/mol. The normalized spacial score (nSPS) is 14.1. The molecule has 0 N–H and O–H groups in total. The fourth-order valence-corrected chi connectivity index (χ4v) is 15.1. The Labute approximate surface area is 482 Å². The van der Waals surface area contributed by atoms with E-state index < -0.39 is 0 Å². The van der Waals surface area contributed by atoms with Crippen molar-refractivity contribution in [1.29, 1.82) is 0 Å². The van der Waals surface area contributed by atoms with Gasteiger partial charge >= 0.3 is 0 Å². The van der Waals surface area contributed by atoms with E-state index in [4.69, 9.17) is 19.9 Å². The first kappa shape index (κ1) is 46.9. The maximum Gasteiger partial charge on any atom is 0.160 e. The van der Waals surface area contributed by atoms with Crippen molar-refractivity contribution in [2.75, 3.05) is 0 Å². The summed E-state index contributed by atoms with van der Waals surface area (Å²) in [6.45, 7) is 0. The molecular weight excluding hydrogens is 1030 g/mol. The maximum atomic E-state index is 5.38. The zero-order chi connectivity index (χ0) is 53.8. The van der Waals surface area contributed by atoms with Crippen molar-refractivity contribution in [2.24, 2.45) is 0 Å². The highest BCUT2D eigenvalue weighted by atomic mass is 32.1. The van der Waals surface area contributed by atoms with Crippen LogP contribution in [0.3, 0.4) is 0 Å². The summed E-state index contributed by atoms with van der Waals surface area (Å²) in [5.74, 6) is 1.47. The second-order valence-corrected chi connectivity index (χ2v) is 23.8. The second kappa shape index (κ2) is 18.8. The van der Waals surface area contributed by atoms with Gasteiger partial charge in [0.25, 0.3) is 0 Å². The average molecular weight is 1080 g/mol. The Bertz CT molecular complexity index is 4720. The van der Waals surface area contributed by atoms with E-state index in [0.29, 0.717) is 11.6 Å². The summed E-state index contributed by atoms with van der Waals surface area (Å²) < 4.78 is 5.25. The first-order valence-corrected chi connectivity index (χ1v) is 29.5. The highest BCUT2D eigenvalue weighted by molar-refractivity contribution is 7.26. The van der Waals surface area contributed by atoms with Gasteiger partial charge in [0.15, 0.2) is 11.6 Å². The van der Waals surface area contributed by atoms with Crippen LogP contribution < -0.4 is 0 Å². The lowest BCUT2D eigenvalue weighted by Gasteiger charge is -2.42. The Kier molecular flexibility index (Phi) is 10.8. The summed E-state index contributed by atoms with van der Waals surface area (Å²) in [4.78, 5) is 21.4. The highest BCUT2D eigenvalue weighted by Crippen LogP contribution is 2.57. The molecule has 2 bridgehead atoms. The predicted octanol–water partition coefficient (Wildman–Crippen LogP) is 20.3. The number of fused-ring (bicyclic) bond motifs is 6. The van der Waals surface area contributed by atoms with Crippen molar-refractivity contribution in [1.82, 2.24) is 19.9 Å². The molecule has 4 aromatic heterocycles. The fourth-order valence-electron chi connectivity index (χ4n) is 12.9. The zero-order valence-electron chi connectivity index (χ0n) is 44.2. The Balaban J connectivity index is 0.730. The summed E-state index contributed by atoms with van der Waals surface area (Å²) in [6.07, 6.45) is 0. The monoisotopic (exact) mass is 1080 g/mol. The summed E-state index contributed by atoms with van der Waals surface area (Å²) in [5, 5.41) is 5.22. The van der Waals surface area contributed by atoms with E-state index in [9.17, 15) is 0 Å². The quantitative estimate of drug-likeness (QED) is 0.152. The molecular formula is C76H46N4S2. The van der Waals surface area contributed by atoms with Crippen molar-refractivity contribution in [3.05, 3.63) is 300 Å². The third kappa shape index (κ3) is 7.78.